The molecule has 0 unspecified atom stereocenters. The van der Waals surface area contributed by atoms with Crippen molar-refractivity contribution < 1.29 is 14.2 Å². The van der Waals surface area contributed by atoms with E-state index in [9.17, 15) is 0 Å². The number of methoxy groups -OCH3 is 2. The molecule has 0 N–H and O–H groups in total. The molecule has 210 valence electrons. The van der Waals surface area contributed by atoms with Gasteiger partial charge in [-0.2, -0.15) is 0 Å². The van der Waals surface area contributed by atoms with Gasteiger partial charge in [0.2, 0.25) is 5.88 Å². The van der Waals surface area contributed by atoms with E-state index in [1.807, 2.05) is 84.3 Å². The first-order valence-corrected chi connectivity index (χ1v) is 13.9. The summed E-state index contributed by atoms with van der Waals surface area (Å²) in [7, 11) is 3.27. The smallest absolute Gasteiger partial charge is 0.213 e. The Morgan fingerprint density at radius 3 is 1.81 bits per heavy atom. The molecule has 8 nitrogen and oxygen atoms in total. The summed E-state index contributed by atoms with van der Waals surface area (Å²) in [6.07, 6.45) is 1.25. The molecular formula is C34H31N5O3. The second-order valence-corrected chi connectivity index (χ2v) is 9.66. The van der Waals surface area contributed by atoms with Gasteiger partial charge in [0.15, 0.2) is 17.1 Å². The molecule has 0 radical (unpaired) electrons. The van der Waals surface area contributed by atoms with Crippen LogP contribution in [0.4, 0.5) is 0 Å². The quantitative estimate of drug-likeness (QED) is 0.191. The highest BCUT2D eigenvalue weighted by atomic mass is 16.5. The van der Waals surface area contributed by atoms with E-state index in [0.29, 0.717) is 65.3 Å². The molecule has 42 heavy (non-hydrogen) atoms. The van der Waals surface area contributed by atoms with Gasteiger partial charge in [-0.15, -0.1) is 0 Å². The second kappa shape index (κ2) is 12.1. The van der Waals surface area contributed by atoms with Crippen LogP contribution in [0.2, 0.25) is 0 Å². The Hall–Kier alpha value is -5.24. The van der Waals surface area contributed by atoms with Crippen LogP contribution >= 0.6 is 0 Å². The molecular weight excluding hydrogens is 526 g/mol. The van der Waals surface area contributed by atoms with E-state index in [0.717, 1.165) is 22.5 Å². The second-order valence-electron chi connectivity index (χ2n) is 9.66. The van der Waals surface area contributed by atoms with E-state index in [-0.39, 0.29) is 0 Å². The summed E-state index contributed by atoms with van der Waals surface area (Å²) in [6.45, 7) is 2.43. The number of fused-ring (bicyclic) bond motifs is 1. The average Bonchev–Trinajstić information content (AvgIpc) is 3.39. The Balaban J connectivity index is 1.64. The average molecular weight is 558 g/mol. The number of nitrogens with zero attached hydrogens (tertiary/aromatic N) is 5. The minimum absolute atomic E-state index is 0.502. The van der Waals surface area contributed by atoms with Gasteiger partial charge in [-0.3, -0.25) is 4.57 Å². The van der Waals surface area contributed by atoms with Crippen molar-refractivity contribution in [3.05, 3.63) is 120 Å². The van der Waals surface area contributed by atoms with E-state index < -0.39 is 0 Å². The molecule has 0 saturated carbocycles. The Labute approximate surface area is 244 Å². The van der Waals surface area contributed by atoms with E-state index in [1.54, 1.807) is 14.2 Å². The number of aromatic nitrogens is 5. The van der Waals surface area contributed by atoms with Crippen molar-refractivity contribution in [3.8, 4) is 34.6 Å². The van der Waals surface area contributed by atoms with Crippen LogP contribution < -0.4 is 14.2 Å². The minimum Gasteiger partial charge on any atom is -0.494 e. The summed E-state index contributed by atoms with van der Waals surface area (Å²) in [5.74, 6) is 2.28. The molecule has 3 aromatic heterocycles. The zero-order valence-corrected chi connectivity index (χ0v) is 23.8. The fraction of sp³-hybridized carbons (Fsp3) is 0.176. The van der Waals surface area contributed by atoms with Crippen molar-refractivity contribution in [2.75, 3.05) is 20.8 Å². The van der Waals surface area contributed by atoms with Crippen molar-refractivity contribution in [1.29, 1.82) is 0 Å². The van der Waals surface area contributed by atoms with E-state index in [1.165, 1.54) is 0 Å². The molecule has 0 bridgehead atoms. The molecule has 0 atom stereocenters. The van der Waals surface area contributed by atoms with Gasteiger partial charge in [0.05, 0.1) is 32.2 Å². The Bertz CT molecular complexity index is 1800. The molecule has 0 spiro atoms. The van der Waals surface area contributed by atoms with E-state index in [4.69, 9.17) is 34.1 Å². The Morgan fingerprint density at radius 2 is 1.21 bits per heavy atom. The minimum atomic E-state index is 0.502. The maximum atomic E-state index is 5.82. The number of hydrogen-bond acceptors (Lipinski definition) is 7. The molecule has 0 fully saturated rings. The van der Waals surface area contributed by atoms with Gasteiger partial charge in [-0.05, 0) is 36.2 Å². The van der Waals surface area contributed by atoms with Gasteiger partial charge in [0.25, 0.3) is 0 Å². The molecule has 0 amide bonds. The molecule has 6 rings (SSSR count). The first-order valence-electron chi connectivity index (χ1n) is 13.9. The van der Waals surface area contributed by atoms with Crippen LogP contribution in [0.25, 0.3) is 28.5 Å². The largest absolute Gasteiger partial charge is 0.494 e. The van der Waals surface area contributed by atoms with Crippen LogP contribution in [0.15, 0.2) is 97.1 Å². The van der Waals surface area contributed by atoms with Gasteiger partial charge in [-0.25, -0.2) is 19.9 Å². The molecule has 8 heteroatoms. The van der Waals surface area contributed by atoms with Crippen LogP contribution in [-0.2, 0) is 12.8 Å². The third-order valence-electron chi connectivity index (χ3n) is 6.95. The first-order chi connectivity index (χ1) is 20.7. The number of rotatable bonds is 10. The third-order valence-corrected chi connectivity index (χ3v) is 6.95. The van der Waals surface area contributed by atoms with Crippen LogP contribution in [0.5, 0.6) is 17.4 Å². The van der Waals surface area contributed by atoms with Gasteiger partial charge in [-0.1, -0.05) is 72.8 Å². The third kappa shape index (κ3) is 5.39. The lowest BCUT2D eigenvalue weighted by atomic mass is 10.0. The normalized spacial score (nSPS) is 11.0. The number of para-hydroxylation sites is 1. The van der Waals surface area contributed by atoms with Crippen molar-refractivity contribution in [2.24, 2.45) is 0 Å². The summed E-state index contributed by atoms with van der Waals surface area (Å²) in [4.78, 5) is 20.2. The monoisotopic (exact) mass is 557 g/mol. The summed E-state index contributed by atoms with van der Waals surface area (Å²) in [5, 5.41) is 0. The highest BCUT2D eigenvalue weighted by molar-refractivity contribution is 5.79. The van der Waals surface area contributed by atoms with E-state index in [2.05, 4.69) is 24.3 Å². The fourth-order valence-corrected chi connectivity index (χ4v) is 5.03. The SMILES string of the molecule is CCOc1cccc(-c2nc3nc(Cc4ccccc4)c(Cc4ccccc4)nc3n2-c2c(OC)cccc2OC)n1. The molecule has 3 heterocycles. The zero-order valence-electron chi connectivity index (χ0n) is 23.8. The summed E-state index contributed by atoms with van der Waals surface area (Å²) in [6, 6.07) is 31.9. The number of pyridine rings is 1. The van der Waals surface area contributed by atoms with Gasteiger partial charge in [0.1, 0.15) is 22.9 Å². The predicted octanol–water partition coefficient (Wildman–Crippen LogP) is 6.48. The fourth-order valence-electron chi connectivity index (χ4n) is 5.03. The molecule has 6 aromatic rings. The van der Waals surface area contributed by atoms with Gasteiger partial charge >= 0.3 is 0 Å². The summed E-state index contributed by atoms with van der Waals surface area (Å²) in [5.41, 5.74) is 6.41. The lowest BCUT2D eigenvalue weighted by Gasteiger charge is -2.17. The van der Waals surface area contributed by atoms with Gasteiger partial charge in [0, 0.05) is 18.9 Å². The van der Waals surface area contributed by atoms with Crippen molar-refractivity contribution in [1.82, 2.24) is 24.5 Å². The Kier molecular flexibility index (Phi) is 7.76. The molecule has 0 aliphatic heterocycles. The van der Waals surface area contributed by atoms with Crippen LogP contribution in [0, 0.1) is 0 Å². The Morgan fingerprint density at radius 1 is 0.619 bits per heavy atom. The molecule has 0 aliphatic carbocycles. The maximum absolute atomic E-state index is 5.82. The molecule has 0 aliphatic rings. The van der Waals surface area contributed by atoms with Crippen molar-refractivity contribution >= 4 is 11.3 Å². The van der Waals surface area contributed by atoms with Crippen LogP contribution in [0.3, 0.4) is 0 Å². The number of imidazole rings is 1. The highest BCUT2D eigenvalue weighted by Gasteiger charge is 2.25. The van der Waals surface area contributed by atoms with Crippen LogP contribution in [0.1, 0.15) is 29.4 Å². The zero-order chi connectivity index (χ0) is 28.9. The topological polar surface area (TPSA) is 84.2 Å². The maximum Gasteiger partial charge on any atom is 0.213 e. The lowest BCUT2D eigenvalue weighted by molar-refractivity contribution is 0.327. The number of ether oxygens (including phenoxy) is 3. The first kappa shape index (κ1) is 27.0. The standard InChI is InChI=1S/C34H31N5O3/c1-4-42-30-20-11-17-25(35-30)33-38-32-34(39(33)31-28(40-2)18-12-19-29(31)41-3)37-27(22-24-15-9-6-10-16-24)26(36-32)21-23-13-7-5-8-14-23/h5-20H,4,21-22H2,1-3H3. The highest BCUT2D eigenvalue weighted by Crippen LogP contribution is 2.38. The number of benzene rings is 3. The predicted molar refractivity (Wildman–Crippen MR) is 163 cm³/mol. The number of hydrogen-bond donors (Lipinski definition) is 0. The summed E-state index contributed by atoms with van der Waals surface area (Å²) >= 11 is 0. The lowest BCUT2D eigenvalue weighted by Crippen LogP contribution is -2.08. The van der Waals surface area contributed by atoms with Crippen LogP contribution in [-0.4, -0.2) is 45.3 Å². The van der Waals surface area contributed by atoms with Gasteiger partial charge < -0.3 is 14.2 Å². The van der Waals surface area contributed by atoms with Crippen molar-refractivity contribution in [3.63, 3.8) is 0 Å². The molecule has 3 aromatic carbocycles. The van der Waals surface area contributed by atoms with Crippen molar-refractivity contribution in [2.45, 2.75) is 19.8 Å². The molecule has 0 saturated heterocycles. The summed E-state index contributed by atoms with van der Waals surface area (Å²) < 4.78 is 19.3. The van der Waals surface area contributed by atoms with E-state index >= 15 is 0 Å².